The van der Waals surface area contributed by atoms with E-state index < -0.39 is 0 Å². The molecule has 0 amide bonds. The molecule has 1 atom stereocenters. The third-order valence-corrected chi connectivity index (χ3v) is 4.28. The van der Waals surface area contributed by atoms with Crippen molar-refractivity contribution in [2.24, 2.45) is 5.92 Å². The van der Waals surface area contributed by atoms with Gasteiger partial charge in [0.2, 0.25) is 0 Å². The smallest absolute Gasteiger partial charge is 0.119 e. The van der Waals surface area contributed by atoms with E-state index in [1.165, 1.54) is 5.56 Å². The zero-order chi connectivity index (χ0) is 18.1. The minimum Gasteiger partial charge on any atom is -0.492 e. The zero-order valence-electron chi connectivity index (χ0n) is 14.9. The maximum atomic E-state index is 9.81. The summed E-state index contributed by atoms with van der Waals surface area (Å²) in [6, 6.07) is 19.6. The number of ether oxygens (including phenoxy) is 1. The number of benzene rings is 2. The molecule has 1 unspecified atom stereocenters. The number of hydrogen-bond donors (Lipinski definition) is 1. The van der Waals surface area contributed by atoms with Gasteiger partial charge in [0.05, 0.1) is 18.2 Å². The Labute approximate surface area is 150 Å². The van der Waals surface area contributed by atoms with Crippen molar-refractivity contribution in [2.45, 2.75) is 26.4 Å². The molecule has 0 heterocycles. The first kappa shape index (κ1) is 19.0. The largest absolute Gasteiger partial charge is 0.492 e. The van der Waals surface area contributed by atoms with E-state index >= 15 is 0 Å². The number of nitriles is 1. The highest BCUT2D eigenvalue weighted by Gasteiger charge is 2.21. The predicted octanol–water partition coefficient (Wildman–Crippen LogP) is 3.46. The van der Waals surface area contributed by atoms with Crippen LogP contribution in [0.25, 0.3) is 0 Å². The van der Waals surface area contributed by atoms with Crippen LogP contribution < -0.4 is 4.74 Å². The van der Waals surface area contributed by atoms with E-state index in [9.17, 15) is 5.11 Å². The van der Waals surface area contributed by atoms with Gasteiger partial charge in [0.25, 0.3) is 0 Å². The van der Waals surface area contributed by atoms with Gasteiger partial charge < -0.3 is 9.84 Å². The molecule has 2 rings (SSSR count). The molecule has 0 aliphatic rings. The topological polar surface area (TPSA) is 56.5 Å². The van der Waals surface area contributed by atoms with E-state index in [-0.39, 0.29) is 12.6 Å². The van der Waals surface area contributed by atoms with Crippen LogP contribution >= 0.6 is 0 Å². The van der Waals surface area contributed by atoms with E-state index in [4.69, 9.17) is 10.00 Å². The minimum atomic E-state index is 0.0878. The van der Waals surface area contributed by atoms with Crippen molar-refractivity contribution in [3.05, 3.63) is 65.7 Å². The number of nitrogens with zero attached hydrogens (tertiary/aromatic N) is 2. The van der Waals surface area contributed by atoms with Gasteiger partial charge in [0.1, 0.15) is 12.4 Å². The zero-order valence-corrected chi connectivity index (χ0v) is 14.9. The summed E-state index contributed by atoms with van der Waals surface area (Å²) in [6.07, 6.45) is 0. The number of rotatable bonds is 9. The number of aliphatic hydroxyl groups is 1. The second-order valence-corrected chi connectivity index (χ2v) is 6.43. The molecule has 25 heavy (non-hydrogen) atoms. The van der Waals surface area contributed by atoms with Gasteiger partial charge in [0, 0.05) is 19.1 Å². The average molecular weight is 338 g/mol. The van der Waals surface area contributed by atoms with Gasteiger partial charge in [-0.15, -0.1) is 0 Å². The molecule has 2 aromatic rings. The van der Waals surface area contributed by atoms with Crippen LogP contribution in [0, 0.1) is 17.2 Å². The highest BCUT2D eigenvalue weighted by Crippen LogP contribution is 2.16. The van der Waals surface area contributed by atoms with Crippen LogP contribution in [0.2, 0.25) is 0 Å². The monoisotopic (exact) mass is 338 g/mol. The van der Waals surface area contributed by atoms with Gasteiger partial charge in [-0.1, -0.05) is 44.2 Å². The average Bonchev–Trinajstić information content (AvgIpc) is 2.63. The van der Waals surface area contributed by atoms with E-state index in [1.807, 2.05) is 30.3 Å². The lowest BCUT2D eigenvalue weighted by atomic mass is 10.0. The van der Waals surface area contributed by atoms with Crippen molar-refractivity contribution in [1.29, 1.82) is 5.26 Å². The van der Waals surface area contributed by atoms with E-state index in [0.29, 0.717) is 18.1 Å². The van der Waals surface area contributed by atoms with Crippen LogP contribution in [-0.2, 0) is 6.54 Å². The van der Waals surface area contributed by atoms with Crippen molar-refractivity contribution < 1.29 is 9.84 Å². The Morgan fingerprint density at radius 2 is 1.76 bits per heavy atom. The third kappa shape index (κ3) is 5.90. The molecule has 0 aliphatic heterocycles. The Morgan fingerprint density at radius 3 is 2.32 bits per heavy atom. The summed E-state index contributed by atoms with van der Waals surface area (Å²) in [6.45, 7) is 6.41. The molecule has 0 saturated heterocycles. The van der Waals surface area contributed by atoms with Crippen molar-refractivity contribution in [3.8, 4) is 11.8 Å². The number of hydrogen-bond acceptors (Lipinski definition) is 4. The quantitative estimate of drug-likeness (QED) is 0.761. The van der Waals surface area contributed by atoms with E-state index in [2.05, 4.69) is 36.9 Å². The molecule has 0 fully saturated rings. The van der Waals surface area contributed by atoms with Crippen LogP contribution in [0.5, 0.6) is 5.75 Å². The number of aliphatic hydroxyl groups excluding tert-OH is 1. The molecular formula is C21H26N2O2. The Hall–Kier alpha value is -2.35. The molecule has 4 nitrogen and oxygen atoms in total. The molecule has 0 saturated carbocycles. The summed E-state index contributed by atoms with van der Waals surface area (Å²) in [5.74, 6) is 1.10. The van der Waals surface area contributed by atoms with Gasteiger partial charge in [-0.3, -0.25) is 4.90 Å². The molecule has 1 N–H and O–H groups in total. The van der Waals surface area contributed by atoms with Crippen molar-refractivity contribution in [3.63, 3.8) is 0 Å². The maximum Gasteiger partial charge on any atom is 0.119 e. The molecule has 0 aromatic heterocycles. The Kier molecular flexibility index (Phi) is 7.46. The lowest BCUT2D eigenvalue weighted by Crippen LogP contribution is -2.43. The SMILES string of the molecule is CC(C)C(CO)N(CCOc1ccc(C#N)cc1)Cc1ccccc1. The molecular weight excluding hydrogens is 312 g/mol. The first-order valence-corrected chi connectivity index (χ1v) is 8.66. The van der Waals surface area contributed by atoms with Gasteiger partial charge >= 0.3 is 0 Å². The molecule has 0 spiro atoms. The fourth-order valence-electron chi connectivity index (χ4n) is 2.83. The summed E-state index contributed by atoms with van der Waals surface area (Å²) < 4.78 is 5.82. The van der Waals surface area contributed by atoms with Gasteiger partial charge in [0.15, 0.2) is 0 Å². The standard InChI is InChI=1S/C21H26N2O2/c1-17(2)21(16-24)23(15-19-6-4-3-5-7-19)12-13-25-20-10-8-18(14-22)9-11-20/h3-11,17,21,24H,12-13,15-16H2,1-2H3. The molecule has 132 valence electrons. The van der Waals surface area contributed by atoms with Crippen molar-refractivity contribution >= 4 is 0 Å². The van der Waals surface area contributed by atoms with Gasteiger partial charge in [-0.2, -0.15) is 5.26 Å². The van der Waals surface area contributed by atoms with Crippen molar-refractivity contribution in [2.75, 3.05) is 19.8 Å². The Balaban J connectivity index is 1.98. The van der Waals surface area contributed by atoms with Gasteiger partial charge in [-0.25, -0.2) is 0 Å². The van der Waals surface area contributed by atoms with E-state index in [1.54, 1.807) is 12.1 Å². The van der Waals surface area contributed by atoms with Gasteiger partial charge in [-0.05, 0) is 35.7 Å². The van der Waals surface area contributed by atoms with E-state index in [0.717, 1.165) is 18.8 Å². The van der Waals surface area contributed by atoms with Crippen LogP contribution in [0.4, 0.5) is 0 Å². The maximum absolute atomic E-state index is 9.81. The normalized spacial score (nSPS) is 12.2. The Morgan fingerprint density at radius 1 is 1.08 bits per heavy atom. The lowest BCUT2D eigenvalue weighted by Gasteiger charge is -2.33. The van der Waals surface area contributed by atoms with Crippen LogP contribution in [0.1, 0.15) is 25.0 Å². The highest BCUT2D eigenvalue weighted by molar-refractivity contribution is 5.34. The molecule has 0 aliphatic carbocycles. The van der Waals surface area contributed by atoms with Crippen LogP contribution in [-0.4, -0.2) is 35.8 Å². The first-order valence-electron chi connectivity index (χ1n) is 8.66. The minimum absolute atomic E-state index is 0.0878. The summed E-state index contributed by atoms with van der Waals surface area (Å²) >= 11 is 0. The molecule has 2 aromatic carbocycles. The third-order valence-electron chi connectivity index (χ3n) is 4.28. The van der Waals surface area contributed by atoms with Crippen LogP contribution in [0.3, 0.4) is 0 Å². The lowest BCUT2D eigenvalue weighted by molar-refractivity contribution is 0.0722. The van der Waals surface area contributed by atoms with Crippen LogP contribution in [0.15, 0.2) is 54.6 Å². The molecule has 0 bridgehead atoms. The summed E-state index contributed by atoms with van der Waals surface area (Å²) in [4.78, 5) is 2.27. The molecule has 0 radical (unpaired) electrons. The summed E-state index contributed by atoms with van der Waals surface area (Å²) in [5.41, 5.74) is 1.85. The second kappa shape index (κ2) is 9.83. The second-order valence-electron chi connectivity index (χ2n) is 6.43. The Bertz CT molecular complexity index is 663. The highest BCUT2D eigenvalue weighted by atomic mass is 16.5. The summed E-state index contributed by atoms with van der Waals surface area (Å²) in [5, 5.41) is 18.6. The fourth-order valence-corrected chi connectivity index (χ4v) is 2.83. The predicted molar refractivity (Wildman–Crippen MR) is 99.2 cm³/mol. The van der Waals surface area contributed by atoms with Crippen molar-refractivity contribution in [1.82, 2.24) is 4.90 Å². The first-order chi connectivity index (χ1) is 12.1. The summed E-state index contributed by atoms with van der Waals surface area (Å²) in [7, 11) is 0. The fraction of sp³-hybridized carbons (Fsp3) is 0.381. The molecule has 4 heteroatoms.